The molecule has 0 aliphatic heterocycles. The summed E-state index contributed by atoms with van der Waals surface area (Å²) in [5.41, 5.74) is 5.56. The Labute approximate surface area is 163 Å². The molecular weight excluding hydrogens is 366 g/mol. The van der Waals surface area contributed by atoms with E-state index in [1.165, 1.54) is 0 Å². The minimum Gasteiger partial charge on any atom is -0.340 e. The minimum absolute atomic E-state index is 0.163. The highest BCUT2D eigenvalue weighted by Gasteiger charge is 2.23. The van der Waals surface area contributed by atoms with Crippen LogP contribution in [0.5, 0.6) is 0 Å². The lowest BCUT2D eigenvalue weighted by Crippen LogP contribution is -2.52. The molecule has 2 aromatic carbocycles. The lowest BCUT2D eigenvalue weighted by atomic mass is 10.0. The molecule has 142 valence electrons. The van der Waals surface area contributed by atoms with Crippen LogP contribution in [0.2, 0.25) is 5.02 Å². The Balaban J connectivity index is 1.99. The maximum absolute atomic E-state index is 12.5. The molecule has 0 spiro atoms. The van der Waals surface area contributed by atoms with Gasteiger partial charge in [-0.2, -0.15) is 0 Å². The van der Waals surface area contributed by atoms with Crippen molar-refractivity contribution in [2.24, 2.45) is 5.92 Å². The standard InChI is InChI=1S/C20H22ClN3O3/c1-13(2)12-17(22-18(25)15-8-10-16(21)11-9-15)20(27)24-23-19(26)14-6-4-3-5-7-14/h3-11,13,17H,12H2,1-2H3,(H,22,25)(H,23,26)(H,24,27). The van der Waals surface area contributed by atoms with Crippen molar-refractivity contribution in [1.29, 1.82) is 0 Å². The SMILES string of the molecule is CC(C)CC(NC(=O)c1ccc(Cl)cc1)C(=O)NNC(=O)c1ccccc1. The van der Waals surface area contributed by atoms with Crippen molar-refractivity contribution in [3.63, 3.8) is 0 Å². The van der Waals surface area contributed by atoms with Gasteiger partial charge in [0, 0.05) is 16.1 Å². The zero-order valence-corrected chi connectivity index (χ0v) is 15.9. The van der Waals surface area contributed by atoms with Crippen molar-refractivity contribution < 1.29 is 14.4 Å². The lowest BCUT2D eigenvalue weighted by Gasteiger charge is -2.20. The zero-order valence-electron chi connectivity index (χ0n) is 15.2. The summed E-state index contributed by atoms with van der Waals surface area (Å²) in [7, 11) is 0. The number of nitrogens with one attached hydrogen (secondary N) is 3. The van der Waals surface area contributed by atoms with E-state index in [1.807, 2.05) is 13.8 Å². The maximum Gasteiger partial charge on any atom is 0.269 e. The second-order valence-electron chi connectivity index (χ2n) is 6.47. The summed E-state index contributed by atoms with van der Waals surface area (Å²) in [6, 6.07) is 14.1. The van der Waals surface area contributed by atoms with Crippen LogP contribution in [0.3, 0.4) is 0 Å². The maximum atomic E-state index is 12.5. The van der Waals surface area contributed by atoms with Crippen LogP contribution in [-0.4, -0.2) is 23.8 Å². The molecule has 0 radical (unpaired) electrons. The fraction of sp³-hybridized carbons (Fsp3) is 0.250. The largest absolute Gasteiger partial charge is 0.340 e. The molecule has 3 N–H and O–H groups in total. The van der Waals surface area contributed by atoms with E-state index in [1.54, 1.807) is 54.6 Å². The van der Waals surface area contributed by atoms with Gasteiger partial charge in [0.1, 0.15) is 6.04 Å². The highest BCUT2D eigenvalue weighted by Crippen LogP contribution is 2.11. The molecule has 2 rings (SSSR count). The van der Waals surface area contributed by atoms with Gasteiger partial charge < -0.3 is 5.32 Å². The molecule has 0 aromatic heterocycles. The molecule has 0 aliphatic carbocycles. The molecule has 7 heteroatoms. The molecule has 0 saturated heterocycles. The number of halogens is 1. The van der Waals surface area contributed by atoms with Crippen molar-refractivity contribution >= 4 is 29.3 Å². The van der Waals surface area contributed by atoms with E-state index in [-0.39, 0.29) is 11.8 Å². The summed E-state index contributed by atoms with van der Waals surface area (Å²) in [5.74, 6) is -1.15. The Morgan fingerprint density at radius 2 is 1.44 bits per heavy atom. The van der Waals surface area contributed by atoms with Crippen LogP contribution < -0.4 is 16.2 Å². The second kappa shape index (κ2) is 9.73. The van der Waals surface area contributed by atoms with Crippen molar-refractivity contribution in [3.05, 3.63) is 70.7 Å². The molecule has 27 heavy (non-hydrogen) atoms. The molecular formula is C20H22ClN3O3. The van der Waals surface area contributed by atoms with Gasteiger partial charge in [-0.25, -0.2) is 0 Å². The van der Waals surface area contributed by atoms with Crippen molar-refractivity contribution in [3.8, 4) is 0 Å². The van der Waals surface area contributed by atoms with E-state index < -0.39 is 17.9 Å². The molecule has 0 aliphatic rings. The number of hydrogen-bond donors (Lipinski definition) is 3. The topological polar surface area (TPSA) is 87.3 Å². The van der Waals surface area contributed by atoms with Gasteiger partial charge in [0.05, 0.1) is 0 Å². The monoisotopic (exact) mass is 387 g/mol. The van der Waals surface area contributed by atoms with Crippen LogP contribution in [0.25, 0.3) is 0 Å². The minimum atomic E-state index is -0.788. The Morgan fingerprint density at radius 3 is 2.04 bits per heavy atom. The fourth-order valence-corrected chi connectivity index (χ4v) is 2.54. The van der Waals surface area contributed by atoms with Crippen LogP contribution in [0, 0.1) is 5.92 Å². The smallest absolute Gasteiger partial charge is 0.269 e. The number of hydrogen-bond acceptors (Lipinski definition) is 3. The lowest BCUT2D eigenvalue weighted by molar-refractivity contribution is -0.124. The zero-order chi connectivity index (χ0) is 19.8. The Kier molecular flexibility index (Phi) is 7.37. The van der Waals surface area contributed by atoms with Gasteiger partial charge in [-0.3, -0.25) is 25.2 Å². The highest BCUT2D eigenvalue weighted by atomic mass is 35.5. The van der Waals surface area contributed by atoms with Crippen LogP contribution >= 0.6 is 11.6 Å². The predicted octanol–water partition coefficient (Wildman–Crippen LogP) is 2.95. The number of amides is 3. The third kappa shape index (κ3) is 6.42. The molecule has 3 amide bonds. The summed E-state index contributed by atoms with van der Waals surface area (Å²) < 4.78 is 0. The van der Waals surface area contributed by atoms with Crippen LogP contribution in [0.4, 0.5) is 0 Å². The van der Waals surface area contributed by atoms with Crippen molar-refractivity contribution in [1.82, 2.24) is 16.2 Å². The summed E-state index contributed by atoms with van der Waals surface area (Å²) in [6.07, 6.45) is 0.423. The molecule has 0 bridgehead atoms. The molecule has 0 saturated carbocycles. The third-order valence-corrected chi connectivity index (χ3v) is 4.02. The van der Waals surface area contributed by atoms with Gasteiger partial charge in [0.25, 0.3) is 17.7 Å². The number of carbonyl (C=O) groups is 3. The molecule has 0 fully saturated rings. The summed E-state index contributed by atoms with van der Waals surface area (Å²) >= 11 is 5.83. The summed E-state index contributed by atoms with van der Waals surface area (Å²) in [5, 5.41) is 3.22. The molecule has 2 aromatic rings. The highest BCUT2D eigenvalue weighted by molar-refractivity contribution is 6.30. The van der Waals surface area contributed by atoms with Crippen LogP contribution in [0.1, 0.15) is 41.0 Å². The fourth-order valence-electron chi connectivity index (χ4n) is 2.41. The number of rotatable bonds is 6. The Bertz CT molecular complexity index is 792. The van der Waals surface area contributed by atoms with E-state index in [9.17, 15) is 14.4 Å². The predicted molar refractivity (Wildman–Crippen MR) is 104 cm³/mol. The molecule has 1 atom stereocenters. The number of hydrazine groups is 1. The molecule has 0 heterocycles. The molecule has 1 unspecified atom stereocenters. The van der Waals surface area contributed by atoms with Crippen LogP contribution in [-0.2, 0) is 4.79 Å². The average Bonchev–Trinajstić information content (AvgIpc) is 2.66. The van der Waals surface area contributed by atoms with E-state index in [0.717, 1.165) is 0 Å². The van der Waals surface area contributed by atoms with Crippen molar-refractivity contribution in [2.45, 2.75) is 26.3 Å². The van der Waals surface area contributed by atoms with Gasteiger partial charge in [-0.1, -0.05) is 43.6 Å². The average molecular weight is 388 g/mol. The van der Waals surface area contributed by atoms with E-state index in [0.29, 0.717) is 22.6 Å². The molecule has 6 nitrogen and oxygen atoms in total. The van der Waals surface area contributed by atoms with Gasteiger partial charge in [-0.05, 0) is 48.7 Å². The first-order valence-corrected chi connectivity index (χ1v) is 8.96. The third-order valence-electron chi connectivity index (χ3n) is 3.77. The first kappa shape index (κ1) is 20.5. The first-order valence-electron chi connectivity index (χ1n) is 8.58. The quantitative estimate of drug-likeness (QED) is 0.666. The van der Waals surface area contributed by atoms with Crippen molar-refractivity contribution in [2.75, 3.05) is 0 Å². The number of benzene rings is 2. The Morgan fingerprint density at radius 1 is 0.852 bits per heavy atom. The van der Waals surface area contributed by atoms with Gasteiger partial charge in [0.15, 0.2) is 0 Å². The Hall–Kier alpha value is -2.86. The first-order chi connectivity index (χ1) is 12.9. The second-order valence-corrected chi connectivity index (χ2v) is 6.91. The van der Waals surface area contributed by atoms with Gasteiger partial charge in [-0.15, -0.1) is 0 Å². The normalized spacial score (nSPS) is 11.6. The summed E-state index contributed by atoms with van der Waals surface area (Å²) in [6.45, 7) is 3.88. The number of carbonyl (C=O) groups excluding carboxylic acids is 3. The summed E-state index contributed by atoms with van der Waals surface area (Å²) in [4.78, 5) is 36.9. The van der Waals surface area contributed by atoms with Gasteiger partial charge in [0.2, 0.25) is 0 Å². The van der Waals surface area contributed by atoms with E-state index >= 15 is 0 Å². The van der Waals surface area contributed by atoms with Gasteiger partial charge >= 0.3 is 0 Å². The van der Waals surface area contributed by atoms with E-state index in [4.69, 9.17) is 11.6 Å². The van der Waals surface area contributed by atoms with E-state index in [2.05, 4.69) is 16.2 Å². The van der Waals surface area contributed by atoms with Crippen LogP contribution in [0.15, 0.2) is 54.6 Å².